The minimum atomic E-state index is -0.389. The molecule has 3 aromatic heterocycles. The topological polar surface area (TPSA) is 99.2 Å². The molecule has 8 nitrogen and oxygen atoms in total. The van der Waals surface area contributed by atoms with Gasteiger partial charge in [-0.25, -0.2) is 4.79 Å². The molecule has 0 fully saturated rings. The number of aryl methyl sites for hydroxylation is 1. The molecule has 0 aromatic carbocycles. The first-order valence-electron chi connectivity index (χ1n) is 10.7. The van der Waals surface area contributed by atoms with Gasteiger partial charge in [-0.15, -0.1) is 21.5 Å². The summed E-state index contributed by atoms with van der Waals surface area (Å²) in [6.45, 7) is 2.64. The van der Waals surface area contributed by atoms with Crippen LogP contribution in [0.15, 0.2) is 28.0 Å². The van der Waals surface area contributed by atoms with Gasteiger partial charge in [0.25, 0.3) is 0 Å². The Morgan fingerprint density at radius 1 is 1.25 bits per heavy atom. The summed E-state index contributed by atoms with van der Waals surface area (Å²) >= 11 is 2.80. The molecule has 0 spiro atoms. The molecular weight excluding hydrogens is 448 g/mol. The van der Waals surface area contributed by atoms with Gasteiger partial charge in [0.15, 0.2) is 16.7 Å². The van der Waals surface area contributed by atoms with Crippen LogP contribution < -0.4 is 5.32 Å². The van der Waals surface area contributed by atoms with Crippen molar-refractivity contribution in [2.75, 3.05) is 18.2 Å². The number of carbonyl (C=O) groups excluding carboxylic acids is 2. The highest BCUT2D eigenvalue weighted by atomic mass is 32.2. The van der Waals surface area contributed by atoms with Gasteiger partial charge in [-0.05, 0) is 50.3 Å². The molecule has 1 aliphatic carbocycles. The maximum absolute atomic E-state index is 12.8. The Balaban J connectivity index is 1.49. The first-order valence-corrected chi connectivity index (χ1v) is 12.5. The van der Waals surface area contributed by atoms with Crippen molar-refractivity contribution >= 4 is 40.0 Å². The van der Waals surface area contributed by atoms with Gasteiger partial charge in [-0.3, -0.25) is 9.36 Å². The second-order valence-corrected chi connectivity index (χ2v) is 9.53. The summed E-state index contributed by atoms with van der Waals surface area (Å²) in [5.74, 6) is 0.833. The number of nitrogens with zero attached hydrogens (tertiary/aromatic N) is 3. The fourth-order valence-electron chi connectivity index (χ4n) is 3.89. The molecule has 32 heavy (non-hydrogen) atoms. The predicted octanol–water partition coefficient (Wildman–Crippen LogP) is 4.80. The molecule has 4 rings (SSSR count). The highest BCUT2D eigenvalue weighted by Crippen LogP contribution is 2.37. The van der Waals surface area contributed by atoms with E-state index < -0.39 is 0 Å². The van der Waals surface area contributed by atoms with Crippen LogP contribution in [-0.2, 0) is 28.9 Å². The Hall–Kier alpha value is -2.59. The highest BCUT2D eigenvalue weighted by molar-refractivity contribution is 7.99. The Bertz CT molecular complexity index is 1090. The van der Waals surface area contributed by atoms with E-state index in [1.165, 1.54) is 41.5 Å². The number of furan rings is 1. The molecule has 170 valence electrons. The lowest BCUT2D eigenvalue weighted by Gasteiger charge is -2.11. The van der Waals surface area contributed by atoms with E-state index in [0.717, 1.165) is 37.7 Å². The molecule has 0 atom stereocenters. The smallest absolute Gasteiger partial charge is 0.341 e. The van der Waals surface area contributed by atoms with Gasteiger partial charge in [0, 0.05) is 11.4 Å². The molecule has 1 amide bonds. The fraction of sp³-hybridized carbons (Fsp3) is 0.455. The number of hydrogen-bond acceptors (Lipinski definition) is 8. The average molecular weight is 475 g/mol. The number of rotatable bonds is 7. The Kier molecular flexibility index (Phi) is 7.31. The van der Waals surface area contributed by atoms with Gasteiger partial charge >= 0.3 is 5.97 Å². The van der Waals surface area contributed by atoms with Crippen molar-refractivity contribution in [2.45, 2.75) is 57.1 Å². The van der Waals surface area contributed by atoms with Crippen LogP contribution >= 0.6 is 23.1 Å². The number of nitrogens with one attached hydrogen (secondary N) is 1. The minimum absolute atomic E-state index is 0.152. The van der Waals surface area contributed by atoms with E-state index in [-0.39, 0.29) is 17.6 Å². The molecule has 0 unspecified atom stereocenters. The van der Waals surface area contributed by atoms with Gasteiger partial charge in [0.05, 0.1) is 24.7 Å². The molecule has 10 heteroatoms. The number of carbonyl (C=O) groups is 2. The van der Waals surface area contributed by atoms with Crippen LogP contribution in [0.25, 0.3) is 11.6 Å². The van der Waals surface area contributed by atoms with Crippen molar-refractivity contribution in [1.29, 1.82) is 0 Å². The number of thiophene rings is 1. The second kappa shape index (κ2) is 10.4. The molecule has 1 N–H and O–H groups in total. The lowest BCUT2D eigenvalue weighted by Crippen LogP contribution is -2.17. The zero-order valence-electron chi connectivity index (χ0n) is 18.2. The van der Waals surface area contributed by atoms with Crippen molar-refractivity contribution in [2.24, 2.45) is 0 Å². The molecule has 1 aliphatic rings. The van der Waals surface area contributed by atoms with Crippen LogP contribution in [0.5, 0.6) is 0 Å². The number of hydrogen-bond donors (Lipinski definition) is 1. The van der Waals surface area contributed by atoms with Gasteiger partial charge in [-0.2, -0.15) is 0 Å². The van der Waals surface area contributed by atoms with E-state index >= 15 is 0 Å². The molecule has 0 saturated carbocycles. The quantitative estimate of drug-likeness (QED) is 0.388. The van der Waals surface area contributed by atoms with Crippen LogP contribution in [0.2, 0.25) is 0 Å². The number of thioether (sulfide) groups is 1. The number of fused-ring (bicyclic) bond motifs is 1. The van der Waals surface area contributed by atoms with Gasteiger partial charge in [0.1, 0.15) is 5.00 Å². The third kappa shape index (κ3) is 4.75. The Morgan fingerprint density at radius 3 is 2.78 bits per heavy atom. The van der Waals surface area contributed by atoms with Crippen molar-refractivity contribution < 1.29 is 18.7 Å². The summed E-state index contributed by atoms with van der Waals surface area (Å²) in [5.41, 5.74) is 1.56. The fourth-order valence-corrected chi connectivity index (χ4v) is 5.98. The number of ether oxygens (including phenoxy) is 1. The van der Waals surface area contributed by atoms with Crippen LogP contribution in [0.3, 0.4) is 0 Å². The van der Waals surface area contributed by atoms with E-state index in [1.54, 1.807) is 12.3 Å². The van der Waals surface area contributed by atoms with Crippen molar-refractivity contribution in [3.8, 4) is 11.6 Å². The largest absolute Gasteiger partial charge is 0.465 e. The lowest BCUT2D eigenvalue weighted by atomic mass is 9.96. The van der Waals surface area contributed by atoms with Crippen LogP contribution in [-0.4, -0.2) is 39.5 Å². The predicted molar refractivity (Wildman–Crippen MR) is 124 cm³/mol. The summed E-state index contributed by atoms with van der Waals surface area (Å²) in [6, 6.07) is 3.63. The van der Waals surface area contributed by atoms with E-state index in [9.17, 15) is 9.59 Å². The SMILES string of the molecule is CCn1c(SCC(=O)Nc2sc3c(c2C(=O)OC)CCCCCC3)nnc1-c1ccco1. The molecule has 0 saturated heterocycles. The molecule has 0 bridgehead atoms. The third-order valence-electron chi connectivity index (χ3n) is 5.42. The Morgan fingerprint density at radius 2 is 2.06 bits per heavy atom. The summed E-state index contributed by atoms with van der Waals surface area (Å²) in [7, 11) is 1.38. The summed E-state index contributed by atoms with van der Waals surface area (Å²) in [6.07, 6.45) is 7.87. The number of aromatic nitrogens is 3. The molecule has 0 radical (unpaired) electrons. The number of esters is 1. The molecular formula is C22H26N4O4S2. The van der Waals surface area contributed by atoms with E-state index in [0.29, 0.717) is 33.9 Å². The minimum Gasteiger partial charge on any atom is -0.465 e. The molecule has 3 aromatic rings. The first-order chi connectivity index (χ1) is 15.6. The van der Waals surface area contributed by atoms with Crippen LogP contribution in [0.4, 0.5) is 5.00 Å². The van der Waals surface area contributed by atoms with Gasteiger partial charge < -0.3 is 14.5 Å². The Labute approximate surface area is 194 Å². The van der Waals surface area contributed by atoms with Gasteiger partial charge in [0.2, 0.25) is 5.91 Å². The zero-order valence-corrected chi connectivity index (χ0v) is 19.8. The third-order valence-corrected chi connectivity index (χ3v) is 7.59. The monoisotopic (exact) mass is 474 g/mol. The van der Waals surface area contributed by atoms with Crippen molar-refractivity contribution in [3.63, 3.8) is 0 Å². The van der Waals surface area contributed by atoms with Crippen LogP contribution in [0, 0.1) is 0 Å². The number of anilines is 1. The maximum Gasteiger partial charge on any atom is 0.341 e. The zero-order chi connectivity index (χ0) is 22.5. The standard InChI is InChI=1S/C22H26N4O4S2/c1-3-26-19(15-10-8-12-30-15)24-25-22(26)31-13-17(27)23-20-18(21(28)29-2)14-9-6-4-5-7-11-16(14)32-20/h8,10,12H,3-7,9,11,13H2,1-2H3,(H,23,27). The summed E-state index contributed by atoms with van der Waals surface area (Å²) in [4.78, 5) is 26.5. The number of methoxy groups -OCH3 is 1. The highest BCUT2D eigenvalue weighted by Gasteiger charge is 2.26. The van der Waals surface area contributed by atoms with Crippen LogP contribution in [0.1, 0.15) is 53.4 Å². The first kappa shape index (κ1) is 22.6. The van der Waals surface area contributed by atoms with Gasteiger partial charge in [-0.1, -0.05) is 24.6 Å². The maximum atomic E-state index is 12.8. The normalized spacial score (nSPS) is 13.8. The molecule has 0 aliphatic heterocycles. The average Bonchev–Trinajstić information content (AvgIpc) is 3.50. The lowest BCUT2D eigenvalue weighted by molar-refractivity contribution is -0.113. The van der Waals surface area contributed by atoms with Crippen molar-refractivity contribution in [1.82, 2.24) is 14.8 Å². The summed E-state index contributed by atoms with van der Waals surface area (Å²) in [5, 5.41) is 12.6. The number of amides is 1. The van der Waals surface area contributed by atoms with Crippen molar-refractivity contribution in [3.05, 3.63) is 34.4 Å². The van der Waals surface area contributed by atoms with E-state index in [2.05, 4.69) is 15.5 Å². The van der Waals surface area contributed by atoms with E-state index in [1.807, 2.05) is 17.6 Å². The summed E-state index contributed by atoms with van der Waals surface area (Å²) < 4.78 is 12.4. The molecule has 3 heterocycles. The second-order valence-electron chi connectivity index (χ2n) is 7.48. The van der Waals surface area contributed by atoms with E-state index in [4.69, 9.17) is 9.15 Å².